The van der Waals surface area contributed by atoms with Gasteiger partial charge in [-0.15, -0.1) is 0 Å². The zero-order chi connectivity index (χ0) is 16.4. The summed E-state index contributed by atoms with van der Waals surface area (Å²) < 4.78 is 19.6. The third-order valence-corrected chi connectivity index (χ3v) is 3.72. The Morgan fingerprint density at radius 2 is 2.17 bits per heavy atom. The molecule has 0 radical (unpaired) electrons. The summed E-state index contributed by atoms with van der Waals surface area (Å²) in [5.74, 6) is -0.421. The van der Waals surface area contributed by atoms with E-state index in [1.165, 1.54) is 12.1 Å². The van der Waals surface area contributed by atoms with Crippen LogP contribution in [0.25, 0.3) is 11.0 Å². The number of non-ortho nitro benzene ring substituents is 1. The van der Waals surface area contributed by atoms with E-state index >= 15 is 0 Å². The van der Waals surface area contributed by atoms with Gasteiger partial charge in [0.05, 0.1) is 16.4 Å². The van der Waals surface area contributed by atoms with Crippen LogP contribution in [0, 0.1) is 15.9 Å². The van der Waals surface area contributed by atoms with Crippen molar-refractivity contribution in [1.82, 2.24) is 9.97 Å². The number of hydrogen-bond donors (Lipinski definition) is 1. The Hall–Kier alpha value is -2.48. The number of halogens is 2. The SMILES string of the molecule is O=[N+]([O-])c1ccc(Oc2ccnc3[nH]cc(CCBr)c23)c(F)c1. The van der Waals surface area contributed by atoms with Crippen LogP contribution in [-0.2, 0) is 6.42 Å². The predicted molar refractivity (Wildman–Crippen MR) is 86.7 cm³/mol. The number of hydrogen-bond acceptors (Lipinski definition) is 4. The summed E-state index contributed by atoms with van der Waals surface area (Å²) in [6.45, 7) is 0. The van der Waals surface area contributed by atoms with Crippen molar-refractivity contribution in [3.63, 3.8) is 0 Å². The van der Waals surface area contributed by atoms with Crippen LogP contribution in [0.2, 0.25) is 0 Å². The van der Waals surface area contributed by atoms with E-state index in [1.807, 2.05) is 6.20 Å². The Bertz CT molecular complexity index is 882. The second-order valence-corrected chi connectivity index (χ2v) is 5.55. The molecule has 0 saturated heterocycles. The van der Waals surface area contributed by atoms with Gasteiger partial charge in [0, 0.05) is 23.8 Å². The number of pyridine rings is 1. The van der Waals surface area contributed by atoms with Crippen molar-refractivity contribution in [3.8, 4) is 11.5 Å². The number of nitrogens with zero attached hydrogens (tertiary/aromatic N) is 2. The van der Waals surface area contributed by atoms with Gasteiger partial charge in [-0.25, -0.2) is 9.37 Å². The third-order valence-electron chi connectivity index (χ3n) is 3.33. The van der Waals surface area contributed by atoms with Gasteiger partial charge in [-0.2, -0.15) is 0 Å². The van der Waals surface area contributed by atoms with Crippen molar-refractivity contribution in [2.45, 2.75) is 6.42 Å². The van der Waals surface area contributed by atoms with Gasteiger partial charge >= 0.3 is 0 Å². The summed E-state index contributed by atoms with van der Waals surface area (Å²) in [4.78, 5) is 17.3. The van der Waals surface area contributed by atoms with Crippen LogP contribution < -0.4 is 4.74 Å². The summed E-state index contributed by atoms with van der Waals surface area (Å²) in [6, 6.07) is 4.92. The van der Waals surface area contributed by atoms with Gasteiger partial charge < -0.3 is 9.72 Å². The number of aromatic nitrogens is 2. The number of aromatic amines is 1. The van der Waals surface area contributed by atoms with Gasteiger partial charge in [-0.3, -0.25) is 10.1 Å². The van der Waals surface area contributed by atoms with Crippen molar-refractivity contribution in [3.05, 3.63) is 58.2 Å². The largest absolute Gasteiger partial charge is 0.453 e. The Kier molecular flexibility index (Phi) is 4.24. The summed E-state index contributed by atoms with van der Waals surface area (Å²) in [5, 5.41) is 12.2. The van der Waals surface area contributed by atoms with Crippen molar-refractivity contribution in [1.29, 1.82) is 0 Å². The van der Waals surface area contributed by atoms with Gasteiger partial charge in [0.1, 0.15) is 11.4 Å². The standard InChI is InChI=1S/C15H11BrFN3O3/c16-5-3-9-8-19-15-14(9)13(4-6-18-15)23-12-2-1-10(20(21)22)7-11(12)17/h1-2,4,6-8H,3,5H2,(H,18,19). The first-order chi connectivity index (χ1) is 11.1. The number of nitrogens with one attached hydrogen (secondary N) is 1. The third kappa shape index (κ3) is 3.02. The molecule has 2 heterocycles. The fraction of sp³-hybridized carbons (Fsp3) is 0.133. The second kappa shape index (κ2) is 6.33. The highest BCUT2D eigenvalue weighted by atomic mass is 79.9. The van der Waals surface area contributed by atoms with Crippen molar-refractivity contribution < 1.29 is 14.1 Å². The highest BCUT2D eigenvalue weighted by molar-refractivity contribution is 9.09. The lowest BCUT2D eigenvalue weighted by Crippen LogP contribution is -1.94. The van der Waals surface area contributed by atoms with Crippen molar-refractivity contribution in [2.75, 3.05) is 5.33 Å². The van der Waals surface area contributed by atoms with E-state index in [9.17, 15) is 14.5 Å². The minimum atomic E-state index is -0.790. The van der Waals surface area contributed by atoms with Gasteiger partial charge in [0.15, 0.2) is 11.6 Å². The maximum absolute atomic E-state index is 14.0. The fourth-order valence-corrected chi connectivity index (χ4v) is 2.71. The van der Waals surface area contributed by atoms with Crippen LogP contribution in [-0.4, -0.2) is 20.2 Å². The topological polar surface area (TPSA) is 81.1 Å². The molecule has 1 N–H and O–H groups in total. The van der Waals surface area contributed by atoms with Crippen LogP contribution in [0.1, 0.15) is 5.56 Å². The molecule has 3 rings (SSSR count). The van der Waals surface area contributed by atoms with E-state index in [2.05, 4.69) is 25.9 Å². The molecule has 118 valence electrons. The minimum Gasteiger partial charge on any atom is -0.453 e. The lowest BCUT2D eigenvalue weighted by atomic mass is 10.1. The average Bonchev–Trinajstić information content (AvgIpc) is 2.94. The van der Waals surface area contributed by atoms with E-state index in [1.54, 1.807) is 12.3 Å². The normalized spacial score (nSPS) is 10.9. The molecular formula is C15H11BrFN3O3. The number of benzene rings is 1. The van der Waals surface area contributed by atoms with Crippen LogP contribution >= 0.6 is 15.9 Å². The monoisotopic (exact) mass is 379 g/mol. The number of aryl methyl sites for hydroxylation is 1. The molecule has 0 aliphatic heterocycles. The Morgan fingerprint density at radius 3 is 2.87 bits per heavy atom. The summed E-state index contributed by atoms with van der Waals surface area (Å²) in [6.07, 6.45) is 4.14. The number of nitro benzene ring substituents is 1. The maximum Gasteiger partial charge on any atom is 0.272 e. The molecule has 6 nitrogen and oxygen atoms in total. The van der Waals surface area contributed by atoms with Crippen LogP contribution in [0.5, 0.6) is 11.5 Å². The molecule has 0 amide bonds. The minimum absolute atomic E-state index is 0.0749. The molecule has 0 aliphatic rings. The van der Waals surface area contributed by atoms with Gasteiger partial charge in [-0.05, 0) is 24.1 Å². The van der Waals surface area contributed by atoms with Crippen LogP contribution in [0.15, 0.2) is 36.7 Å². The van der Waals surface area contributed by atoms with E-state index in [0.29, 0.717) is 11.4 Å². The highest BCUT2D eigenvalue weighted by Gasteiger charge is 2.15. The van der Waals surface area contributed by atoms with Gasteiger partial charge in [0.2, 0.25) is 0 Å². The molecular weight excluding hydrogens is 369 g/mol. The Morgan fingerprint density at radius 1 is 1.35 bits per heavy atom. The molecule has 1 aromatic carbocycles. The van der Waals surface area contributed by atoms with E-state index in [4.69, 9.17) is 4.74 Å². The molecule has 0 fully saturated rings. The molecule has 3 aromatic rings. The fourth-order valence-electron chi connectivity index (χ4n) is 2.28. The number of alkyl halides is 1. The number of nitro groups is 1. The average molecular weight is 380 g/mol. The molecule has 2 aromatic heterocycles. The highest BCUT2D eigenvalue weighted by Crippen LogP contribution is 2.33. The second-order valence-electron chi connectivity index (χ2n) is 4.76. The van der Waals surface area contributed by atoms with Crippen LogP contribution in [0.3, 0.4) is 0 Å². The predicted octanol–water partition coefficient (Wildman–Crippen LogP) is 4.34. The number of ether oxygens (including phenoxy) is 1. The summed E-state index contributed by atoms with van der Waals surface area (Å²) in [5.41, 5.74) is 1.31. The Labute approximate surface area is 138 Å². The van der Waals surface area contributed by atoms with Crippen molar-refractivity contribution >= 4 is 32.7 Å². The van der Waals surface area contributed by atoms with Crippen molar-refractivity contribution in [2.24, 2.45) is 0 Å². The number of fused-ring (bicyclic) bond motifs is 1. The summed E-state index contributed by atoms with van der Waals surface area (Å²) >= 11 is 3.38. The number of rotatable bonds is 5. The molecule has 0 aliphatic carbocycles. The van der Waals surface area contributed by atoms with Gasteiger partial charge in [0.25, 0.3) is 5.69 Å². The quantitative estimate of drug-likeness (QED) is 0.406. The van der Waals surface area contributed by atoms with E-state index in [0.717, 1.165) is 28.8 Å². The lowest BCUT2D eigenvalue weighted by Gasteiger charge is -2.09. The zero-order valence-corrected chi connectivity index (χ0v) is 13.3. The maximum atomic E-state index is 14.0. The smallest absolute Gasteiger partial charge is 0.272 e. The molecule has 0 spiro atoms. The first-order valence-corrected chi connectivity index (χ1v) is 7.85. The zero-order valence-electron chi connectivity index (χ0n) is 11.8. The molecule has 0 saturated carbocycles. The summed E-state index contributed by atoms with van der Waals surface area (Å²) in [7, 11) is 0. The molecule has 0 unspecified atom stereocenters. The molecule has 23 heavy (non-hydrogen) atoms. The van der Waals surface area contributed by atoms with E-state index < -0.39 is 10.7 Å². The lowest BCUT2D eigenvalue weighted by molar-refractivity contribution is -0.385. The Balaban J connectivity index is 2.01. The molecule has 0 bridgehead atoms. The molecule has 0 atom stereocenters. The van der Waals surface area contributed by atoms with Gasteiger partial charge in [-0.1, -0.05) is 15.9 Å². The first kappa shape index (κ1) is 15.4. The van der Waals surface area contributed by atoms with Crippen LogP contribution in [0.4, 0.5) is 10.1 Å². The first-order valence-electron chi connectivity index (χ1n) is 6.73. The molecule has 8 heteroatoms. The van der Waals surface area contributed by atoms with E-state index in [-0.39, 0.29) is 11.4 Å². The number of H-pyrrole nitrogens is 1.